The van der Waals surface area contributed by atoms with Crippen LogP contribution in [0.3, 0.4) is 0 Å². The molecule has 3 rings (SSSR count). The highest BCUT2D eigenvalue weighted by Gasteiger charge is 2.33. The van der Waals surface area contributed by atoms with Crippen LogP contribution in [-0.4, -0.2) is 23.1 Å². The average molecular weight is 486 g/mol. The highest BCUT2D eigenvalue weighted by molar-refractivity contribution is 14.0. The fourth-order valence-electron chi connectivity index (χ4n) is 3.04. The van der Waals surface area contributed by atoms with Crippen LogP contribution in [0.1, 0.15) is 49.4 Å². The van der Waals surface area contributed by atoms with Gasteiger partial charge in [-0.3, -0.25) is 0 Å². The quantitative estimate of drug-likeness (QED) is 0.382. The number of halogens is 1. The minimum absolute atomic E-state index is 0. The molecule has 142 valence electrons. The first-order valence-corrected chi connectivity index (χ1v) is 9.58. The van der Waals surface area contributed by atoms with Gasteiger partial charge in [-0.25, -0.2) is 9.98 Å². The van der Waals surface area contributed by atoms with E-state index in [0.717, 1.165) is 30.4 Å². The van der Waals surface area contributed by atoms with E-state index in [1.54, 1.807) is 11.3 Å². The SMILES string of the molecule is CCNC(=NCc1scnc1C)NC1CC(C)(C)Oc2ccccc21.I. The van der Waals surface area contributed by atoms with Crippen molar-refractivity contribution in [3.63, 3.8) is 0 Å². The Morgan fingerprint density at radius 2 is 2.15 bits per heavy atom. The van der Waals surface area contributed by atoms with Gasteiger partial charge >= 0.3 is 0 Å². The maximum Gasteiger partial charge on any atom is 0.192 e. The number of thiazole rings is 1. The van der Waals surface area contributed by atoms with Gasteiger partial charge in [0.15, 0.2) is 5.96 Å². The number of ether oxygens (including phenoxy) is 1. The molecule has 0 bridgehead atoms. The number of aromatic nitrogens is 1. The van der Waals surface area contributed by atoms with E-state index in [4.69, 9.17) is 9.73 Å². The predicted molar refractivity (Wildman–Crippen MR) is 119 cm³/mol. The fourth-order valence-corrected chi connectivity index (χ4v) is 3.75. The van der Waals surface area contributed by atoms with Gasteiger partial charge in [0.1, 0.15) is 11.4 Å². The number of nitrogens with one attached hydrogen (secondary N) is 2. The second-order valence-electron chi connectivity index (χ2n) is 6.86. The molecule has 1 aromatic carbocycles. The van der Waals surface area contributed by atoms with Gasteiger partial charge in [-0.05, 0) is 33.8 Å². The number of aryl methyl sites for hydroxylation is 1. The van der Waals surface area contributed by atoms with Crippen LogP contribution < -0.4 is 15.4 Å². The van der Waals surface area contributed by atoms with Gasteiger partial charge < -0.3 is 15.4 Å². The van der Waals surface area contributed by atoms with E-state index in [0.29, 0.717) is 6.54 Å². The van der Waals surface area contributed by atoms with Crippen molar-refractivity contribution in [1.29, 1.82) is 0 Å². The summed E-state index contributed by atoms with van der Waals surface area (Å²) in [6.45, 7) is 9.82. The van der Waals surface area contributed by atoms with Crippen LogP contribution in [-0.2, 0) is 6.54 Å². The van der Waals surface area contributed by atoms with Crippen LogP contribution >= 0.6 is 35.3 Å². The molecule has 0 spiro atoms. The van der Waals surface area contributed by atoms with Crippen molar-refractivity contribution in [2.45, 2.75) is 52.3 Å². The third kappa shape index (κ3) is 5.09. The van der Waals surface area contributed by atoms with Crippen molar-refractivity contribution in [3.05, 3.63) is 45.9 Å². The molecular formula is C19H27IN4OS. The Hall–Kier alpha value is -1.35. The molecule has 0 saturated carbocycles. The minimum atomic E-state index is -0.211. The molecule has 2 N–H and O–H groups in total. The Kier molecular flexibility index (Phi) is 7.28. The third-order valence-electron chi connectivity index (χ3n) is 4.26. The van der Waals surface area contributed by atoms with Crippen molar-refractivity contribution in [3.8, 4) is 5.75 Å². The molecule has 26 heavy (non-hydrogen) atoms. The largest absolute Gasteiger partial charge is 0.487 e. The Morgan fingerprint density at radius 1 is 1.38 bits per heavy atom. The summed E-state index contributed by atoms with van der Waals surface area (Å²) in [6.07, 6.45) is 0.883. The van der Waals surface area contributed by atoms with Crippen molar-refractivity contribution in [2.75, 3.05) is 6.54 Å². The van der Waals surface area contributed by atoms with Gasteiger partial charge in [0.25, 0.3) is 0 Å². The summed E-state index contributed by atoms with van der Waals surface area (Å²) in [6, 6.07) is 8.40. The summed E-state index contributed by atoms with van der Waals surface area (Å²) in [5.74, 6) is 1.78. The van der Waals surface area contributed by atoms with E-state index in [-0.39, 0.29) is 35.6 Å². The first-order chi connectivity index (χ1) is 12.0. The predicted octanol–water partition coefficient (Wildman–Crippen LogP) is 4.43. The van der Waals surface area contributed by atoms with E-state index in [1.807, 2.05) is 24.6 Å². The Labute approximate surface area is 176 Å². The van der Waals surface area contributed by atoms with Gasteiger partial charge in [-0.2, -0.15) is 0 Å². The fraction of sp³-hybridized carbons (Fsp3) is 0.474. The van der Waals surface area contributed by atoms with E-state index < -0.39 is 0 Å². The second-order valence-corrected chi connectivity index (χ2v) is 7.80. The minimum Gasteiger partial charge on any atom is -0.487 e. The summed E-state index contributed by atoms with van der Waals surface area (Å²) in [5.41, 5.74) is 3.90. The van der Waals surface area contributed by atoms with E-state index >= 15 is 0 Å². The average Bonchev–Trinajstić information content (AvgIpc) is 2.97. The van der Waals surface area contributed by atoms with Crippen molar-refractivity contribution in [1.82, 2.24) is 15.6 Å². The lowest BCUT2D eigenvalue weighted by Gasteiger charge is -2.38. The molecule has 0 amide bonds. The molecule has 1 unspecified atom stereocenters. The number of rotatable bonds is 4. The summed E-state index contributed by atoms with van der Waals surface area (Å²) in [5, 5.41) is 6.95. The maximum absolute atomic E-state index is 6.12. The highest BCUT2D eigenvalue weighted by atomic mass is 127. The molecule has 1 atom stereocenters. The van der Waals surface area contributed by atoms with Crippen LogP contribution in [0.15, 0.2) is 34.8 Å². The van der Waals surface area contributed by atoms with Gasteiger partial charge in [0.2, 0.25) is 0 Å². The highest BCUT2D eigenvalue weighted by Crippen LogP contribution is 2.39. The Bertz CT molecular complexity index is 760. The molecular weight excluding hydrogens is 459 g/mol. The molecule has 0 radical (unpaired) electrons. The zero-order valence-corrected chi connectivity index (χ0v) is 18.9. The second kappa shape index (κ2) is 9.03. The smallest absolute Gasteiger partial charge is 0.192 e. The van der Waals surface area contributed by atoms with Gasteiger partial charge in [-0.1, -0.05) is 18.2 Å². The number of benzene rings is 1. The van der Waals surface area contributed by atoms with Crippen LogP contribution in [0.2, 0.25) is 0 Å². The molecule has 2 aromatic rings. The molecule has 1 aliphatic heterocycles. The summed E-state index contributed by atoms with van der Waals surface area (Å²) >= 11 is 1.65. The van der Waals surface area contributed by atoms with Crippen LogP contribution in [0.5, 0.6) is 5.75 Å². The lowest BCUT2D eigenvalue weighted by Crippen LogP contribution is -2.45. The number of para-hydroxylation sites is 1. The normalized spacial score (nSPS) is 18.3. The molecule has 1 aromatic heterocycles. The van der Waals surface area contributed by atoms with Crippen molar-refractivity contribution in [2.24, 2.45) is 4.99 Å². The van der Waals surface area contributed by atoms with E-state index in [1.165, 1.54) is 10.4 Å². The Balaban J connectivity index is 0.00000243. The number of hydrogen-bond acceptors (Lipinski definition) is 4. The molecule has 0 fully saturated rings. The van der Waals surface area contributed by atoms with Crippen molar-refractivity contribution < 1.29 is 4.74 Å². The summed E-state index contributed by atoms with van der Waals surface area (Å²) < 4.78 is 6.12. The molecule has 2 heterocycles. The number of aliphatic imine (C=N–C) groups is 1. The van der Waals surface area contributed by atoms with Crippen molar-refractivity contribution >= 4 is 41.3 Å². The molecule has 5 nitrogen and oxygen atoms in total. The molecule has 0 saturated heterocycles. The van der Waals surface area contributed by atoms with Gasteiger partial charge in [-0.15, -0.1) is 35.3 Å². The third-order valence-corrected chi connectivity index (χ3v) is 5.18. The number of hydrogen-bond donors (Lipinski definition) is 2. The van der Waals surface area contributed by atoms with Crippen LogP contribution in [0, 0.1) is 6.92 Å². The van der Waals surface area contributed by atoms with E-state index in [9.17, 15) is 0 Å². The van der Waals surface area contributed by atoms with E-state index in [2.05, 4.69) is 48.5 Å². The number of fused-ring (bicyclic) bond motifs is 1. The number of guanidine groups is 1. The topological polar surface area (TPSA) is 58.5 Å². The summed E-state index contributed by atoms with van der Waals surface area (Å²) in [4.78, 5) is 10.3. The Morgan fingerprint density at radius 3 is 2.85 bits per heavy atom. The van der Waals surface area contributed by atoms with Gasteiger partial charge in [0, 0.05) is 23.4 Å². The number of nitrogens with zero attached hydrogens (tertiary/aromatic N) is 2. The zero-order chi connectivity index (χ0) is 17.9. The lowest BCUT2D eigenvalue weighted by molar-refractivity contribution is 0.0694. The lowest BCUT2D eigenvalue weighted by atomic mass is 9.90. The van der Waals surface area contributed by atoms with Crippen LogP contribution in [0.4, 0.5) is 0 Å². The van der Waals surface area contributed by atoms with Gasteiger partial charge in [0.05, 0.1) is 23.8 Å². The monoisotopic (exact) mass is 486 g/mol. The maximum atomic E-state index is 6.12. The standard InChI is InChI=1S/C19H26N4OS.HI/c1-5-20-18(21-11-17-13(2)22-12-25-17)23-15-10-19(3,4)24-16-9-7-6-8-14(15)16;/h6-9,12,15H,5,10-11H2,1-4H3,(H2,20,21,23);1H. The first-order valence-electron chi connectivity index (χ1n) is 8.70. The molecule has 1 aliphatic rings. The zero-order valence-electron chi connectivity index (χ0n) is 15.7. The summed E-state index contributed by atoms with van der Waals surface area (Å²) in [7, 11) is 0. The first kappa shape index (κ1) is 21.0. The molecule has 7 heteroatoms. The van der Waals surface area contributed by atoms with Crippen LogP contribution in [0.25, 0.3) is 0 Å². The molecule has 0 aliphatic carbocycles.